The summed E-state index contributed by atoms with van der Waals surface area (Å²) in [5.74, 6) is 0.0962. The highest BCUT2D eigenvalue weighted by atomic mass is 16.5. The van der Waals surface area contributed by atoms with Gasteiger partial charge in [-0.15, -0.1) is 0 Å². The van der Waals surface area contributed by atoms with Crippen molar-refractivity contribution in [2.45, 2.75) is 32.2 Å². The summed E-state index contributed by atoms with van der Waals surface area (Å²) in [6.07, 6.45) is 2.95. The second-order valence-corrected chi connectivity index (χ2v) is 5.26. The fraction of sp³-hybridized carbons (Fsp3) is 0.562. The van der Waals surface area contributed by atoms with Gasteiger partial charge in [-0.2, -0.15) is 0 Å². The molecule has 1 aromatic carbocycles. The summed E-state index contributed by atoms with van der Waals surface area (Å²) < 4.78 is 5.34. The fourth-order valence-electron chi connectivity index (χ4n) is 2.44. The Balaban J connectivity index is 1.97. The van der Waals surface area contributed by atoms with Crippen LogP contribution in [-0.2, 0) is 4.74 Å². The average Bonchev–Trinajstić information content (AvgIpc) is 2.53. The molecule has 0 saturated carbocycles. The second kappa shape index (κ2) is 7.29. The van der Waals surface area contributed by atoms with Gasteiger partial charge in [0, 0.05) is 44.1 Å². The maximum Gasteiger partial charge on any atom is 0.253 e. The number of nitrogens with one attached hydrogen (secondary N) is 1. The number of anilines is 1. The van der Waals surface area contributed by atoms with E-state index in [0.29, 0.717) is 6.04 Å². The molecular formula is C16H24N2O2. The first kappa shape index (κ1) is 14.9. The van der Waals surface area contributed by atoms with Crippen molar-refractivity contribution in [3.05, 3.63) is 29.8 Å². The van der Waals surface area contributed by atoms with Crippen molar-refractivity contribution in [1.29, 1.82) is 0 Å². The van der Waals surface area contributed by atoms with Crippen LogP contribution in [0.4, 0.5) is 5.69 Å². The van der Waals surface area contributed by atoms with E-state index in [9.17, 15) is 4.79 Å². The summed E-state index contributed by atoms with van der Waals surface area (Å²) in [4.78, 5) is 14.3. The lowest BCUT2D eigenvalue weighted by Crippen LogP contribution is -2.40. The number of amides is 1. The topological polar surface area (TPSA) is 41.6 Å². The molecule has 0 aromatic heterocycles. The third-order valence-corrected chi connectivity index (χ3v) is 3.77. The zero-order valence-electron chi connectivity index (χ0n) is 12.4. The molecular weight excluding hydrogens is 252 g/mol. The molecule has 20 heavy (non-hydrogen) atoms. The predicted molar refractivity (Wildman–Crippen MR) is 81.2 cm³/mol. The minimum Gasteiger partial charge on any atom is -0.385 e. The first-order valence-electron chi connectivity index (χ1n) is 7.41. The first-order valence-corrected chi connectivity index (χ1v) is 7.41. The quantitative estimate of drug-likeness (QED) is 0.899. The Bertz CT molecular complexity index is 425. The van der Waals surface area contributed by atoms with Crippen LogP contribution in [0.1, 0.15) is 36.5 Å². The van der Waals surface area contributed by atoms with Gasteiger partial charge in [0.2, 0.25) is 0 Å². The van der Waals surface area contributed by atoms with Crippen LogP contribution in [0, 0.1) is 0 Å². The van der Waals surface area contributed by atoms with Crippen LogP contribution in [0.3, 0.4) is 0 Å². The molecule has 0 aliphatic carbocycles. The summed E-state index contributed by atoms with van der Waals surface area (Å²) in [6.45, 7) is 4.59. The van der Waals surface area contributed by atoms with Gasteiger partial charge in [-0.3, -0.25) is 4.79 Å². The van der Waals surface area contributed by atoms with Crippen molar-refractivity contribution in [3.63, 3.8) is 0 Å². The molecule has 0 unspecified atom stereocenters. The van der Waals surface area contributed by atoms with Gasteiger partial charge in [0.1, 0.15) is 0 Å². The van der Waals surface area contributed by atoms with Crippen LogP contribution < -0.4 is 5.32 Å². The van der Waals surface area contributed by atoms with Crippen LogP contribution in [0.2, 0.25) is 0 Å². The molecule has 1 aliphatic rings. The van der Waals surface area contributed by atoms with Gasteiger partial charge in [0.25, 0.3) is 5.91 Å². The van der Waals surface area contributed by atoms with E-state index in [4.69, 9.17) is 4.74 Å². The molecule has 1 saturated heterocycles. The zero-order chi connectivity index (χ0) is 14.4. The Morgan fingerprint density at radius 1 is 1.30 bits per heavy atom. The van der Waals surface area contributed by atoms with E-state index in [1.54, 1.807) is 0 Å². The molecule has 4 heteroatoms. The highest BCUT2D eigenvalue weighted by Crippen LogP contribution is 2.17. The van der Waals surface area contributed by atoms with Crippen molar-refractivity contribution in [3.8, 4) is 0 Å². The van der Waals surface area contributed by atoms with Crippen molar-refractivity contribution in [1.82, 2.24) is 4.90 Å². The lowest BCUT2D eigenvalue weighted by atomic mass is 10.1. The van der Waals surface area contributed by atoms with Crippen LogP contribution in [0.15, 0.2) is 24.3 Å². The number of carbonyl (C=O) groups is 1. The highest BCUT2D eigenvalue weighted by Gasteiger charge is 2.23. The molecule has 1 amide bonds. The molecule has 0 radical (unpaired) electrons. The van der Waals surface area contributed by atoms with Crippen LogP contribution in [0.5, 0.6) is 0 Å². The first-order chi connectivity index (χ1) is 9.72. The van der Waals surface area contributed by atoms with Gasteiger partial charge in [-0.1, -0.05) is 6.92 Å². The third-order valence-electron chi connectivity index (χ3n) is 3.77. The number of benzene rings is 1. The minimum atomic E-state index is 0.0962. The summed E-state index contributed by atoms with van der Waals surface area (Å²) in [7, 11) is 1.89. The molecule has 0 bridgehead atoms. The number of nitrogens with zero attached hydrogens (tertiary/aromatic N) is 1. The molecule has 110 valence electrons. The van der Waals surface area contributed by atoms with E-state index in [2.05, 4.69) is 12.2 Å². The van der Waals surface area contributed by atoms with E-state index in [0.717, 1.165) is 50.3 Å². The Labute approximate surface area is 121 Å². The molecule has 2 rings (SSSR count). The van der Waals surface area contributed by atoms with Crippen LogP contribution in [-0.4, -0.2) is 43.7 Å². The summed E-state index contributed by atoms with van der Waals surface area (Å²) in [6, 6.07) is 8.04. The lowest BCUT2D eigenvalue weighted by Gasteiger charge is -2.31. The van der Waals surface area contributed by atoms with Gasteiger partial charge >= 0.3 is 0 Å². The second-order valence-electron chi connectivity index (χ2n) is 5.26. The normalized spacial score (nSPS) is 15.9. The van der Waals surface area contributed by atoms with Gasteiger partial charge in [-0.25, -0.2) is 0 Å². The van der Waals surface area contributed by atoms with Crippen LogP contribution in [0.25, 0.3) is 0 Å². The predicted octanol–water partition coefficient (Wildman–Crippen LogP) is 2.76. The highest BCUT2D eigenvalue weighted by molar-refractivity contribution is 5.94. The Morgan fingerprint density at radius 3 is 2.55 bits per heavy atom. The number of hydrogen-bond acceptors (Lipinski definition) is 3. The van der Waals surface area contributed by atoms with Gasteiger partial charge < -0.3 is 15.0 Å². The van der Waals surface area contributed by atoms with E-state index in [1.807, 2.05) is 36.2 Å². The number of hydrogen-bond donors (Lipinski definition) is 1. The molecule has 1 N–H and O–H groups in total. The van der Waals surface area contributed by atoms with Crippen molar-refractivity contribution in [2.24, 2.45) is 0 Å². The zero-order valence-corrected chi connectivity index (χ0v) is 12.4. The van der Waals surface area contributed by atoms with Gasteiger partial charge in [0.15, 0.2) is 0 Å². The van der Waals surface area contributed by atoms with Gasteiger partial charge in [-0.05, 0) is 43.5 Å². The van der Waals surface area contributed by atoms with E-state index in [1.165, 1.54) is 0 Å². The molecule has 4 nitrogen and oxygen atoms in total. The van der Waals surface area contributed by atoms with E-state index < -0.39 is 0 Å². The van der Waals surface area contributed by atoms with Gasteiger partial charge in [0.05, 0.1) is 0 Å². The number of rotatable bonds is 5. The van der Waals surface area contributed by atoms with Crippen molar-refractivity contribution in [2.75, 3.05) is 32.1 Å². The van der Waals surface area contributed by atoms with Crippen LogP contribution >= 0.6 is 0 Å². The maximum atomic E-state index is 12.4. The Kier molecular flexibility index (Phi) is 5.41. The molecule has 1 aliphatic heterocycles. The average molecular weight is 276 g/mol. The largest absolute Gasteiger partial charge is 0.385 e. The summed E-state index contributed by atoms with van der Waals surface area (Å²) in [5, 5.41) is 3.31. The fourth-order valence-corrected chi connectivity index (χ4v) is 2.44. The number of carbonyl (C=O) groups excluding carboxylic acids is 1. The third kappa shape index (κ3) is 3.73. The summed E-state index contributed by atoms with van der Waals surface area (Å²) >= 11 is 0. The molecule has 1 aromatic rings. The maximum absolute atomic E-state index is 12.4. The molecule has 1 heterocycles. The monoisotopic (exact) mass is 276 g/mol. The SMILES string of the molecule is CCCNc1ccc(C(=O)N(C)C2CCOCC2)cc1. The summed E-state index contributed by atoms with van der Waals surface area (Å²) in [5.41, 5.74) is 1.82. The Hall–Kier alpha value is -1.55. The molecule has 1 fully saturated rings. The Morgan fingerprint density at radius 2 is 1.95 bits per heavy atom. The van der Waals surface area contributed by atoms with E-state index >= 15 is 0 Å². The van der Waals surface area contributed by atoms with E-state index in [-0.39, 0.29) is 5.91 Å². The molecule has 0 atom stereocenters. The standard InChI is InChI=1S/C16H24N2O2/c1-3-10-17-14-6-4-13(5-7-14)16(19)18(2)15-8-11-20-12-9-15/h4-7,15,17H,3,8-12H2,1-2H3. The lowest BCUT2D eigenvalue weighted by molar-refractivity contribution is 0.0362. The molecule has 0 spiro atoms. The van der Waals surface area contributed by atoms with Crippen molar-refractivity contribution >= 4 is 11.6 Å². The smallest absolute Gasteiger partial charge is 0.253 e. The minimum absolute atomic E-state index is 0.0962. The number of ether oxygens (including phenoxy) is 1. The van der Waals surface area contributed by atoms with Crippen molar-refractivity contribution < 1.29 is 9.53 Å².